The second-order valence-corrected chi connectivity index (χ2v) is 3.52. The van der Waals surface area contributed by atoms with Crippen LogP contribution in [0.1, 0.15) is 6.92 Å². The molecule has 1 heterocycles. The third-order valence-corrected chi connectivity index (χ3v) is 2.40. The lowest BCUT2D eigenvalue weighted by molar-refractivity contribution is -0.221. The van der Waals surface area contributed by atoms with E-state index in [1.165, 1.54) is 0 Å². The first-order valence-corrected chi connectivity index (χ1v) is 4.56. The Morgan fingerprint density at radius 1 is 1.23 bits per heavy atom. The topological polar surface area (TPSA) is 79.2 Å². The molecule has 0 spiro atoms. The highest BCUT2D eigenvalue weighted by Gasteiger charge is 2.41. The van der Waals surface area contributed by atoms with Crippen molar-refractivity contribution in [1.29, 1.82) is 0 Å². The molecule has 0 radical (unpaired) electrons. The lowest BCUT2D eigenvalue weighted by Gasteiger charge is -2.38. The zero-order valence-electron chi connectivity index (χ0n) is 7.33. The fraction of sp³-hybridized carbons (Fsp3) is 1.00. The van der Waals surface area contributed by atoms with E-state index in [2.05, 4.69) is 0 Å². The summed E-state index contributed by atoms with van der Waals surface area (Å²) in [7, 11) is 2.04. The molecule has 6 heteroatoms. The summed E-state index contributed by atoms with van der Waals surface area (Å²) in [5.41, 5.74) is 0. The van der Waals surface area contributed by atoms with E-state index in [-0.39, 0.29) is 6.61 Å². The van der Waals surface area contributed by atoms with Crippen LogP contribution in [0.25, 0.3) is 0 Å². The van der Waals surface area contributed by atoms with Gasteiger partial charge >= 0.3 is 0 Å². The normalized spacial score (nSPS) is 46.4. The standard InChI is InChI=1S/C7H15O5P/c1-3-5(8)7(10)6(9)4(12-3)2-11-13/h3-10H,2,13H2,1H3/t3-,4+,5-,6+,7+/m0/s1. The maximum Gasteiger partial charge on any atom is 0.111 e. The van der Waals surface area contributed by atoms with Gasteiger partial charge in [0.2, 0.25) is 0 Å². The van der Waals surface area contributed by atoms with Gasteiger partial charge < -0.3 is 24.6 Å². The molecule has 5 nitrogen and oxygen atoms in total. The Bertz CT molecular complexity index is 167. The minimum absolute atomic E-state index is 0.167. The molecule has 0 aromatic rings. The number of hydrogen-bond acceptors (Lipinski definition) is 5. The highest BCUT2D eigenvalue weighted by Crippen LogP contribution is 2.21. The van der Waals surface area contributed by atoms with Gasteiger partial charge in [-0.2, -0.15) is 0 Å². The fourth-order valence-corrected chi connectivity index (χ4v) is 1.56. The van der Waals surface area contributed by atoms with Crippen molar-refractivity contribution in [3.8, 4) is 0 Å². The molecule has 0 bridgehead atoms. The van der Waals surface area contributed by atoms with Gasteiger partial charge in [-0.25, -0.2) is 0 Å². The molecule has 1 aliphatic heterocycles. The Morgan fingerprint density at radius 2 is 1.85 bits per heavy atom. The molecule has 1 rings (SSSR count). The van der Waals surface area contributed by atoms with Crippen LogP contribution in [0, 0.1) is 0 Å². The van der Waals surface area contributed by atoms with E-state index in [0.717, 1.165) is 0 Å². The van der Waals surface area contributed by atoms with Crippen LogP contribution in [0.3, 0.4) is 0 Å². The van der Waals surface area contributed by atoms with Gasteiger partial charge in [0.15, 0.2) is 0 Å². The molecule has 0 aromatic heterocycles. The molecule has 1 saturated heterocycles. The van der Waals surface area contributed by atoms with Gasteiger partial charge in [0.05, 0.1) is 12.7 Å². The number of hydrogen-bond donors (Lipinski definition) is 3. The van der Waals surface area contributed by atoms with Crippen LogP contribution in [-0.4, -0.2) is 52.4 Å². The largest absolute Gasteiger partial charge is 0.388 e. The van der Waals surface area contributed by atoms with Crippen LogP contribution < -0.4 is 0 Å². The average molecular weight is 210 g/mol. The molecular formula is C7H15O5P. The van der Waals surface area contributed by atoms with Gasteiger partial charge in [-0.05, 0) is 6.92 Å². The van der Waals surface area contributed by atoms with Crippen LogP contribution >= 0.6 is 9.47 Å². The van der Waals surface area contributed by atoms with Crippen molar-refractivity contribution >= 4 is 9.47 Å². The van der Waals surface area contributed by atoms with E-state index >= 15 is 0 Å². The van der Waals surface area contributed by atoms with E-state index in [0.29, 0.717) is 0 Å². The Labute approximate surface area is 78.9 Å². The van der Waals surface area contributed by atoms with Crippen LogP contribution in [0.15, 0.2) is 0 Å². The molecular weight excluding hydrogens is 195 g/mol. The SMILES string of the molecule is C[C@@H]1O[C@H](COP)[C@@H](O)[C@H](O)[C@H]1O. The van der Waals surface area contributed by atoms with Crippen molar-refractivity contribution in [2.45, 2.75) is 37.4 Å². The van der Waals surface area contributed by atoms with Crippen molar-refractivity contribution < 1.29 is 24.6 Å². The molecule has 6 atom stereocenters. The van der Waals surface area contributed by atoms with Crippen molar-refractivity contribution in [1.82, 2.24) is 0 Å². The Kier molecular flexibility index (Phi) is 4.04. The molecule has 3 N–H and O–H groups in total. The van der Waals surface area contributed by atoms with Gasteiger partial charge in [-0.15, -0.1) is 0 Å². The third kappa shape index (κ3) is 2.37. The summed E-state index contributed by atoms with van der Waals surface area (Å²) in [4.78, 5) is 0. The smallest absolute Gasteiger partial charge is 0.111 e. The van der Waals surface area contributed by atoms with Crippen LogP contribution in [0.5, 0.6) is 0 Å². The summed E-state index contributed by atoms with van der Waals surface area (Å²) >= 11 is 0. The molecule has 1 aliphatic rings. The molecule has 0 aromatic carbocycles. The summed E-state index contributed by atoms with van der Waals surface area (Å²) in [6, 6.07) is 0. The zero-order chi connectivity index (χ0) is 10.0. The summed E-state index contributed by atoms with van der Waals surface area (Å²) < 4.78 is 9.95. The van der Waals surface area contributed by atoms with Crippen LogP contribution in [0.2, 0.25) is 0 Å². The van der Waals surface area contributed by atoms with Crippen molar-refractivity contribution in [3.05, 3.63) is 0 Å². The minimum Gasteiger partial charge on any atom is -0.388 e. The van der Waals surface area contributed by atoms with Gasteiger partial charge in [-0.1, -0.05) is 0 Å². The summed E-state index contributed by atoms with van der Waals surface area (Å²) in [5, 5.41) is 28.1. The maximum absolute atomic E-state index is 9.43. The van der Waals surface area contributed by atoms with Gasteiger partial charge in [0.25, 0.3) is 0 Å². The second-order valence-electron chi connectivity index (χ2n) is 3.18. The zero-order valence-corrected chi connectivity index (χ0v) is 8.48. The predicted octanol–water partition coefficient (Wildman–Crippen LogP) is -1.34. The Morgan fingerprint density at radius 3 is 2.38 bits per heavy atom. The van der Waals surface area contributed by atoms with Crippen LogP contribution in [-0.2, 0) is 9.26 Å². The number of aliphatic hydroxyl groups excluding tert-OH is 3. The van der Waals surface area contributed by atoms with Crippen LogP contribution in [0.4, 0.5) is 0 Å². The van der Waals surface area contributed by atoms with Crippen molar-refractivity contribution in [3.63, 3.8) is 0 Å². The quantitative estimate of drug-likeness (QED) is 0.492. The number of aliphatic hydroxyl groups is 3. The lowest BCUT2D eigenvalue weighted by atomic mass is 9.96. The maximum atomic E-state index is 9.43. The van der Waals surface area contributed by atoms with Gasteiger partial charge in [0, 0.05) is 9.47 Å². The summed E-state index contributed by atoms with van der Waals surface area (Å²) in [6.45, 7) is 1.80. The Balaban J connectivity index is 2.59. The highest BCUT2D eigenvalue weighted by molar-refractivity contribution is 7.09. The molecule has 78 valence electrons. The van der Waals surface area contributed by atoms with E-state index < -0.39 is 30.5 Å². The predicted molar refractivity (Wildman–Crippen MR) is 48.0 cm³/mol. The van der Waals surface area contributed by atoms with Crippen molar-refractivity contribution in [2.24, 2.45) is 0 Å². The third-order valence-electron chi connectivity index (χ3n) is 2.21. The molecule has 0 saturated carbocycles. The first kappa shape index (κ1) is 11.3. The average Bonchev–Trinajstić information content (AvgIpc) is 2.11. The van der Waals surface area contributed by atoms with E-state index in [1.807, 2.05) is 9.47 Å². The first-order valence-electron chi connectivity index (χ1n) is 4.09. The van der Waals surface area contributed by atoms with E-state index in [9.17, 15) is 15.3 Å². The minimum atomic E-state index is -1.17. The van der Waals surface area contributed by atoms with E-state index in [4.69, 9.17) is 9.26 Å². The van der Waals surface area contributed by atoms with Gasteiger partial charge in [0.1, 0.15) is 24.4 Å². The monoisotopic (exact) mass is 210 g/mol. The highest BCUT2D eigenvalue weighted by atomic mass is 31.0. The number of ether oxygens (including phenoxy) is 1. The van der Waals surface area contributed by atoms with Crippen molar-refractivity contribution in [2.75, 3.05) is 6.61 Å². The summed E-state index contributed by atoms with van der Waals surface area (Å²) in [6.07, 6.45) is -4.41. The molecule has 13 heavy (non-hydrogen) atoms. The second kappa shape index (κ2) is 4.64. The van der Waals surface area contributed by atoms with Gasteiger partial charge in [-0.3, -0.25) is 0 Å². The Hall–Kier alpha value is 0.230. The first-order chi connectivity index (χ1) is 6.07. The van der Waals surface area contributed by atoms with E-state index in [1.54, 1.807) is 6.92 Å². The number of rotatable bonds is 2. The molecule has 1 unspecified atom stereocenters. The molecule has 0 aliphatic carbocycles. The molecule has 0 amide bonds. The molecule has 1 fully saturated rings. The summed E-state index contributed by atoms with van der Waals surface area (Å²) in [5.74, 6) is 0. The fourth-order valence-electron chi connectivity index (χ4n) is 1.37. The lowest BCUT2D eigenvalue weighted by Crippen LogP contribution is -2.57.